The summed E-state index contributed by atoms with van der Waals surface area (Å²) in [5.41, 5.74) is 1.80. The molecular weight excluding hydrogens is 332 g/mol. The van der Waals surface area contributed by atoms with E-state index in [1.54, 1.807) is 4.90 Å². The van der Waals surface area contributed by atoms with Gasteiger partial charge in [0.1, 0.15) is 0 Å². The van der Waals surface area contributed by atoms with Crippen LogP contribution >= 0.6 is 15.9 Å². The maximum atomic E-state index is 12.0. The molecule has 104 valence electrons. The summed E-state index contributed by atoms with van der Waals surface area (Å²) in [5, 5.41) is 5.03. The molecule has 0 spiro atoms. The van der Waals surface area contributed by atoms with E-state index in [4.69, 9.17) is 5.14 Å². The Morgan fingerprint density at radius 1 is 1.47 bits per heavy atom. The van der Waals surface area contributed by atoms with Crippen molar-refractivity contribution in [3.63, 3.8) is 0 Å². The van der Waals surface area contributed by atoms with E-state index in [-0.39, 0.29) is 24.0 Å². The van der Waals surface area contributed by atoms with Crippen molar-refractivity contribution in [3.8, 4) is 0 Å². The Morgan fingerprint density at radius 2 is 2.16 bits per heavy atom. The molecule has 1 amide bonds. The molecule has 19 heavy (non-hydrogen) atoms. The van der Waals surface area contributed by atoms with Crippen molar-refractivity contribution in [1.82, 2.24) is 0 Å². The zero-order chi connectivity index (χ0) is 14.2. The summed E-state index contributed by atoms with van der Waals surface area (Å²) in [4.78, 5) is 13.6. The lowest BCUT2D eigenvalue weighted by molar-refractivity contribution is -0.117. The van der Waals surface area contributed by atoms with E-state index in [0.29, 0.717) is 6.54 Å². The van der Waals surface area contributed by atoms with E-state index in [1.807, 2.05) is 25.1 Å². The molecule has 1 aromatic rings. The molecule has 1 heterocycles. The number of primary sulfonamides is 1. The number of halogens is 1. The zero-order valence-electron chi connectivity index (χ0n) is 10.5. The van der Waals surface area contributed by atoms with Crippen LogP contribution in [-0.2, 0) is 14.8 Å². The van der Waals surface area contributed by atoms with Crippen molar-refractivity contribution < 1.29 is 13.2 Å². The minimum Gasteiger partial charge on any atom is -0.312 e. The van der Waals surface area contributed by atoms with Crippen LogP contribution in [0.25, 0.3) is 0 Å². The second-order valence-electron chi connectivity index (χ2n) is 4.83. The van der Waals surface area contributed by atoms with Gasteiger partial charge in [-0.1, -0.05) is 22.0 Å². The summed E-state index contributed by atoms with van der Waals surface area (Å²) < 4.78 is 23.1. The van der Waals surface area contributed by atoms with Crippen LogP contribution in [0.2, 0.25) is 0 Å². The molecule has 0 bridgehead atoms. The average Bonchev–Trinajstić information content (AvgIpc) is 2.60. The highest BCUT2D eigenvalue weighted by atomic mass is 79.9. The Kier molecular flexibility index (Phi) is 3.98. The number of carbonyl (C=O) groups excluding carboxylic acids is 1. The predicted molar refractivity (Wildman–Crippen MR) is 77.3 cm³/mol. The van der Waals surface area contributed by atoms with Gasteiger partial charge in [-0.05, 0) is 24.6 Å². The van der Waals surface area contributed by atoms with Crippen molar-refractivity contribution in [2.75, 3.05) is 17.2 Å². The molecule has 0 saturated carbocycles. The molecule has 5 nitrogen and oxygen atoms in total. The molecule has 2 rings (SSSR count). The Bertz CT molecular complexity index is 615. The zero-order valence-corrected chi connectivity index (χ0v) is 12.9. The molecule has 2 N–H and O–H groups in total. The number of hydrogen-bond acceptors (Lipinski definition) is 3. The van der Waals surface area contributed by atoms with Crippen molar-refractivity contribution in [2.45, 2.75) is 13.3 Å². The number of carbonyl (C=O) groups is 1. The summed E-state index contributed by atoms with van der Waals surface area (Å²) >= 11 is 3.37. The molecule has 1 unspecified atom stereocenters. The highest BCUT2D eigenvalue weighted by Gasteiger charge is 2.33. The predicted octanol–water partition coefficient (Wildman–Crippen LogP) is 1.40. The normalized spacial score (nSPS) is 20.1. The fourth-order valence-corrected chi connectivity index (χ4v) is 3.56. The fraction of sp³-hybridized carbons (Fsp3) is 0.417. The molecule has 0 aliphatic carbocycles. The number of hydrogen-bond donors (Lipinski definition) is 1. The lowest BCUT2D eigenvalue weighted by Crippen LogP contribution is -2.28. The van der Waals surface area contributed by atoms with Gasteiger partial charge in [-0.15, -0.1) is 0 Å². The van der Waals surface area contributed by atoms with E-state index in [0.717, 1.165) is 15.7 Å². The maximum absolute atomic E-state index is 12.0. The summed E-state index contributed by atoms with van der Waals surface area (Å²) in [5.74, 6) is -0.446. The van der Waals surface area contributed by atoms with E-state index in [9.17, 15) is 13.2 Å². The van der Waals surface area contributed by atoms with Crippen LogP contribution in [-0.4, -0.2) is 26.6 Å². The fourth-order valence-electron chi connectivity index (χ4n) is 2.33. The minimum atomic E-state index is -3.54. The average molecular weight is 347 g/mol. The van der Waals surface area contributed by atoms with Crippen LogP contribution in [0.1, 0.15) is 12.0 Å². The highest BCUT2D eigenvalue weighted by molar-refractivity contribution is 9.10. The first-order valence-electron chi connectivity index (χ1n) is 5.83. The Balaban J connectivity index is 2.23. The third-order valence-electron chi connectivity index (χ3n) is 3.14. The molecule has 1 aliphatic heterocycles. The molecule has 1 atom stereocenters. The first-order valence-corrected chi connectivity index (χ1v) is 8.34. The molecule has 0 aromatic heterocycles. The van der Waals surface area contributed by atoms with Crippen LogP contribution in [0.4, 0.5) is 5.69 Å². The number of anilines is 1. The Labute approximate surface area is 121 Å². The van der Waals surface area contributed by atoms with E-state index in [2.05, 4.69) is 15.9 Å². The van der Waals surface area contributed by atoms with Gasteiger partial charge < -0.3 is 4.90 Å². The second kappa shape index (κ2) is 5.22. The van der Waals surface area contributed by atoms with E-state index < -0.39 is 10.0 Å². The molecular formula is C12H15BrN2O3S. The van der Waals surface area contributed by atoms with Gasteiger partial charge >= 0.3 is 0 Å². The number of nitrogens with two attached hydrogens (primary N) is 1. The van der Waals surface area contributed by atoms with Crippen LogP contribution in [0.3, 0.4) is 0 Å². The van der Waals surface area contributed by atoms with Crippen molar-refractivity contribution in [3.05, 3.63) is 28.2 Å². The first-order chi connectivity index (χ1) is 8.76. The number of sulfonamides is 1. The Hall–Kier alpha value is -0.920. The minimum absolute atomic E-state index is 0.0603. The van der Waals surface area contributed by atoms with Gasteiger partial charge in [-0.2, -0.15) is 0 Å². The molecule has 1 aromatic carbocycles. The van der Waals surface area contributed by atoms with Gasteiger partial charge in [0.05, 0.1) is 5.75 Å². The molecule has 1 fully saturated rings. The topological polar surface area (TPSA) is 80.5 Å². The highest BCUT2D eigenvalue weighted by Crippen LogP contribution is 2.30. The summed E-state index contributed by atoms with van der Waals surface area (Å²) in [6.45, 7) is 2.31. The first kappa shape index (κ1) is 14.5. The van der Waals surface area contributed by atoms with Crippen LogP contribution in [0.5, 0.6) is 0 Å². The van der Waals surface area contributed by atoms with Crippen LogP contribution in [0, 0.1) is 12.8 Å². The number of aryl methyl sites for hydroxylation is 1. The summed E-state index contributed by atoms with van der Waals surface area (Å²) in [6, 6.07) is 5.69. The molecule has 1 saturated heterocycles. The van der Waals surface area contributed by atoms with Gasteiger partial charge in [-0.25, -0.2) is 13.6 Å². The largest absolute Gasteiger partial charge is 0.312 e. The summed E-state index contributed by atoms with van der Waals surface area (Å²) in [6.07, 6.45) is 0.225. The van der Waals surface area contributed by atoms with Crippen LogP contribution < -0.4 is 10.0 Å². The smallest absolute Gasteiger partial charge is 0.227 e. The van der Waals surface area contributed by atoms with Crippen LogP contribution in [0.15, 0.2) is 22.7 Å². The van der Waals surface area contributed by atoms with Gasteiger partial charge in [0.15, 0.2) is 0 Å². The number of nitrogens with zero attached hydrogens (tertiary/aromatic N) is 1. The molecule has 1 aliphatic rings. The monoisotopic (exact) mass is 346 g/mol. The van der Waals surface area contributed by atoms with Crippen molar-refractivity contribution in [2.24, 2.45) is 11.1 Å². The Morgan fingerprint density at radius 3 is 2.79 bits per heavy atom. The van der Waals surface area contributed by atoms with Gasteiger partial charge in [0.25, 0.3) is 0 Å². The number of rotatable bonds is 3. The molecule has 0 radical (unpaired) electrons. The van der Waals surface area contributed by atoms with Crippen molar-refractivity contribution >= 4 is 37.5 Å². The van der Waals surface area contributed by atoms with E-state index >= 15 is 0 Å². The summed E-state index contributed by atoms with van der Waals surface area (Å²) in [7, 11) is -3.54. The lowest BCUT2D eigenvalue weighted by atomic mass is 10.1. The maximum Gasteiger partial charge on any atom is 0.227 e. The van der Waals surface area contributed by atoms with Gasteiger partial charge in [0.2, 0.25) is 15.9 Å². The third kappa shape index (κ3) is 3.55. The molecule has 7 heteroatoms. The van der Waals surface area contributed by atoms with Gasteiger partial charge in [-0.3, -0.25) is 4.79 Å². The standard InChI is InChI=1S/C12H15BrN2O3S/c1-8-2-3-10(13)5-11(8)15-6-9(4-12(15)16)7-19(14,17)18/h2-3,5,9H,4,6-7H2,1H3,(H2,14,17,18). The quantitative estimate of drug-likeness (QED) is 0.898. The van der Waals surface area contributed by atoms with Gasteiger partial charge in [0, 0.05) is 29.0 Å². The lowest BCUT2D eigenvalue weighted by Gasteiger charge is -2.19. The second-order valence-corrected chi connectivity index (χ2v) is 7.41. The number of benzene rings is 1. The van der Waals surface area contributed by atoms with Crippen molar-refractivity contribution in [1.29, 1.82) is 0 Å². The third-order valence-corrected chi connectivity index (χ3v) is 4.56. The van der Waals surface area contributed by atoms with E-state index in [1.165, 1.54) is 0 Å². The number of amides is 1. The SMILES string of the molecule is Cc1ccc(Br)cc1N1CC(CS(N)(=O)=O)CC1=O.